The van der Waals surface area contributed by atoms with Gasteiger partial charge in [0.2, 0.25) is 6.10 Å². The van der Waals surface area contributed by atoms with E-state index in [2.05, 4.69) is 4.74 Å². The minimum atomic E-state index is -5.18. The summed E-state index contributed by atoms with van der Waals surface area (Å²) in [5.74, 6) is -4.12. The molecular weight excluding hydrogens is 416 g/mol. The topological polar surface area (TPSA) is 80.7 Å². The quantitative estimate of drug-likeness (QED) is 0.327. The number of hydrogen-bond acceptors (Lipinski definition) is 4. The number of rotatable bonds is 10. The second kappa shape index (κ2) is 10.8. The Morgan fingerprint density at radius 1 is 1.13 bits per heavy atom. The van der Waals surface area contributed by atoms with Crippen LogP contribution in [0.25, 0.3) is 0 Å². The highest BCUT2D eigenvalue weighted by Crippen LogP contribution is 2.27. The molecule has 2 atom stereocenters. The normalized spacial score (nSPS) is 14.3. The van der Waals surface area contributed by atoms with Gasteiger partial charge < -0.3 is 4.74 Å². The highest BCUT2D eigenvalue weighted by Gasteiger charge is 2.46. The van der Waals surface area contributed by atoms with E-state index in [9.17, 15) is 26.4 Å². The molecule has 156 valence electrons. The Morgan fingerprint density at radius 3 is 2.10 bits per heavy atom. The van der Waals surface area contributed by atoms with E-state index in [1.165, 1.54) is 0 Å². The first-order valence-corrected chi connectivity index (χ1v) is 10.6. The molecule has 2 unspecified atom stereocenters. The van der Waals surface area contributed by atoms with E-state index in [1.807, 2.05) is 0 Å². The van der Waals surface area contributed by atoms with Crippen LogP contribution in [0, 0.1) is 5.92 Å². The van der Waals surface area contributed by atoms with Gasteiger partial charge in [-0.05, 0) is 18.4 Å². The molecule has 0 saturated carbocycles. The predicted octanol–water partition coefficient (Wildman–Crippen LogP) is 0.417. The van der Waals surface area contributed by atoms with Crippen molar-refractivity contribution in [2.45, 2.75) is 51.0 Å². The summed E-state index contributed by atoms with van der Waals surface area (Å²) in [6.45, 7) is 1.55. The average molecular weight is 436 g/mol. The maximum atomic E-state index is 13.1. The summed E-state index contributed by atoms with van der Waals surface area (Å²) in [7, 11) is 18.2. The van der Waals surface area contributed by atoms with E-state index >= 15 is 0 Å². The monoisotopic (exact) mass is 436 g/mol. The summed E-state index contributed by atoms with van der Waals surface area (Å²) in [6.07, 6.45) is -8.00. The third-order valence-corrected chi connectivity index (χ3v) is 5.40. The van der Waals surface area contributed by atoms with Crippen LogP contribution in [0.2, 0.25) is 0 Å². The van der Waals surface area contributed by atoms with Gasteiger partial charge in [-0.2, -0.15) is 21.6 Å². The highest BCUT2D eigenvalue weighted by molar-refractivity contribution is 7.85. The summed E-state index contributed by atoms with van der Waals surface area (Å²) >= 11 is 0. The van der Waals surface area contributed by atoms with Crippen molar-refractivity contribution >= 4 is 52.9 Å². The van der Waals surface area contributed by atoms with Gasteiger partial charge in [0.15, 0.2) is 0 Å². The maximum absolute atomic E-state index is 13.1. The molecule has 0 bridgehead atoms. The molecule has 0 heterocycles. The number of benzene rings is 1. The Bertz CT molecular complexity index is 862. The number of halogens is 3. The zero-order chi connectivity index (χ0) is 23.3. The second-order valence-corrected chi connectivity index (χ2v) is 8.20. The van der Waals surface area contributed by atoms with E-state index in [1.54, 1.807) is 13.0 Å². The molecule has 0 spiro atoms. The predicted molar refractivity (Wildman–Crippen MR) is 110 cm³/mol. The van der Waals surface area contributed by atoms with Crippen LogP contribution in [0.4, 0.5) is 13.2 Å². The van der Waals surface area contributed by atoms with Gasteiger partial charge in [0.25, 0.3) is 10.1 Å². The largest absolute Gasteiger partial charge is 0.451 e. The maximum Gasteiger partial charge on any atom is 0.426 e. The van der Waals surface area contributed by atoms with Gasteiger partial charge in [-0.15, -0.1) is 0 Å². The Morgan fingerprint density at radius 2 is 1.70 bits per heavy atom. The van der Waals surface area contributed by atoms with Crippen molar-refractivity contribution in [3.05, 3.63) is 28.3 Å². The molecule has 13 heteroatoms. The van der Waals surface area contributed by atoms with Crippen LogP contribution in [-0.4, -0.2) is 68.4 Å². The van der Waals surface area contributed by atoms with Crippen molar-refractivity contribution in [1.82, 2.24) is 0 Å². The van der Waals surface area contributed by atoms with Gasteiger partial charge in [-0.3, -0.25) is 9.35 Å². The number of esters is 1. The molecule has 30 heavy (non-hydrogen) atoms. The van der Waals surface area contributed by atoms with Gasteiger partial charge in [-0.25, -0.2) is 0 Å². The smallest absolute Gasteiger partial charge is 0.426 e. The molecule has 0 aliphatic rings. The lowest BCUT2D eigenvalue weighted by atomic mass is 9.71. The van der Waals surface area contributed by atoms with Crippen molar-refractivity contribution < 1.29 is 35.7 Å². The standard InChI is InChI=1S/C17H19B4F3O5S/c1-2-9(16(25)29-14(17(22,23)24)8-30(26,27)28)4-12-10(5-18)3-11(6-19)15(21)13(12)7-20/h3,9,14H,2,4-8H2,1H3,(H,26,27,28). The average Bonchev–Trinajstić information content (AvgIpc) is 2.63. The van der Waals surface area contributed by atoms with E-state index in [0.717, 1.165) is 0 Å². The minimum absolute atomic E-state index is 0.0125. The lowest BCUT2D eigenvalue weighted by Crippen LogP contribution is -2.41. The van der Waals surface area contributed by atoms with Crippen LogP contribution < -0.4 is 5.46 Å². The van der Waals surface area contributed by atoms with Crippen LogP contribution in [-0.2, 0) is 45.0 Å². The summed E-state index contributed by atoms with van der Waals surface area (Å²) in [5, 5.41) is 0. The first-order valence-electron chi connectivity index (χ1n) is 9.03. The highest BCUT2D eigenvalue weighted by atomic mass is 32.2. The van der Waals surface area contributed by atoms with Gasteiger partial charge in [0.05, 0.1) is 29.5 Å². The summed E-state index contributed by atoms with van der Waals surface area (Å²) in [6, 6.07) is 1.65. The Balaban J connectivity index is 3.25. The molecule has 0 amide bonds. The number of hydrogen-bond donors (Lipinski definition) is 1. The van der Waals surface area contributed by atoms with Gasteiger partial charge in [0, 0.05) is 0 Å². The fourth-order valence-electron chi connectivity index (χ4n) is 3.03. The zero-order valence-electron chi connectivity index (χ0n) is 16.4. The SMILES string of the molecule is [B]Cc1cc(C[B])c(CC(CC)C(=O)OC(CS(=O)(=O)O)C(F)(F)F)c(C[B])c1[B]. The van der Waals surface area contributed by atoms with Gasteiger partial charge >= 0.3 is 12.1 Å². The molecular formula is C17H19B4F3O5S. The fraction of sp³-hybridized carbons (Fsp3) is 0.588. The zero-order valence-corrected chi connectivity index (χ0v) is 17.2. The van der Waals surface area contributed by atoms with Crippen molar-refractivity contribution in [2.24, 2.45) is 5.92 Å². The van der Waals surface area contributed by atoms with Crippen LogP contribution in [0.5, 0.6) is 0 Å². The molecule has 0 saturated heterocycles. The summed E-state index contributed by atoms with van der Waals surface area (Å²) < 4.78 is 74.1. The van der Waals surface area contributed by atoms with Gasteiger partial charge in [0.1, 0.15) is 13.6 Å². The van der Waals surface area contributed by atoms with Crippen LogP contribution in [0.15, 0.2) is 6.07 Å². The van der Waals surface area contributed by atoms with E-state index in [-0.39, 0.29) is 31.8 Å². The lowest BCUT2D eigenvalue weighted by Gasteiger charge is -2.25. The summed E-state index contributed by atoms with van der Waals surface area (Å²) in [5.41, 5.74) is 2.49. The third-order valence-electron chi connectivity index (χ3n) is 4.68. The molecule has 0 aliphatic carbocycles. The molecule has 1 N–H and O–H groups in total. The van der Waals surface area contributed by atoms with Crippen LogP contribution in [0.1, 0.15) is 35.6 Å². The Labute approximate surface area is 179 Å². The van der Waals surface area contributed by atoms with Crippen molar-refractivity contribution in [3.63, 3.8) is 0 Å². The fourth-order valence-corrected chi connectivity index (χ4v) is 3.67. The van der Waals surface area contributed by atoms with E-state index in [4.69, 9.17) is 35.9 Å². The van der Waals surface area contributed by atoms with E-state index in [0.29, 0.717) is 27.7 Å². The molecule has 0 aromatic heterocycles. The minimum Gasteiger partial charge on any atom is -0.451 e. The molecule has 1 rings (SSSR count). The van der Waals surface area contributed by atoms with Crippen molar-refractivity contribution in [2.75, 3.05) is 5.75 Å². The van der Waals surface area contributed by atoms with Crippen molar-refractivity contribution in [1.29, 1.82) is 0 Å². The molecule has 0 fully saturated rings. The Hall–Kier alpha value is -1.35. The van der Waals surface area contributed by atoms with Crippen LogP contribution >= 0.6 is 0 Å². The summed E-state index contributed by atoms with van der Waals surface area (Å²) in [4.78, 5) is 12.4. The number of alkyl halides is 3. The molecule has 0 aliphatic heterocycles. The first-order chi connectivity index (χ1) is 13.8. The first kappa shape index (κ1) is 26.7. The molecule has 1 aromatic carbocycles. The van der Waals surface area contributed by atoms with Crippen molar-refractivity contribution in [3.8, 4) is 0 Å². The molecule has 5 nitrogen and oxygen atoms in total. The van der Waals surface area contributed by atoms with E-state index < -0.39 is 40.0 Å². The molecule has 8 radical (unpaired) electrons. The van der Waals surface area contributed by atoms with Crippen LogP contribution in [0.3, 0.4) is 0 Å². The lowest BCUT2D eigenvalue weighted by molar-refractivity contribution is -0.217. The second-order valence-electron chi connectivity index (χ2n) is 6.70. The number of carbonyl (C=O) groups is 1. The Kier molecular flexibility index (Phi) is 9.60. The third kappa shape index (κ3) is 7.11. The molecule has 1 aromatic rings. The van der Waals surface area contributed by atoms with Gasteiger partial charge in [-0.1, -0.05) is 54.1 Å². The number of carbonyl (C=O) groups excluding carboxylic acids is 1. The number of ether oxygens (including phenoxy) is 1.